The van der Waals surface area contributed by atoms with Gasteiger partial charge >= 0.3 is 12.6 Å². The maximum Gasteiger partial charge on any atom is 0.323 e. The number of carbonyl (C=O) groups is 1. The standard InChI is InChI=1S/C25H33ClFN6O6PS/c1-6-36-24(35)15(2)31-40(41,39-17-10-8-7-9-11-17)37-13-25(12-26)20(34)18(27)23(38-25)33-14-28-19-21(32(4)5)29-16(3)30-22(19)33/h7-11,14-15,18,20,23,34H,6,12-13H2,1-5H3,(H,31,41)/t15-,18+,20+,23-,25-,40?/m1/s1. The molecule has 2 N–H and O–H groups in total. The van der Waals surface area contributed by atoms with Gasteiger partial charge in [-0.05, 0) is 44.7 Å². The first-order chi connectivity index (χ1) is 19.4. The van der Waals surface area contributed by atoms with Crippen LogP contribution in [0, 0.1) is 6.92 Å². The SMILES string of the molecule is CCOC(=O)[C@@H](C)NP(=S)(OC[C@@]1(CCl)O[C@@H](n2cnc3c(N(C)C)nc(C)nc32)[C@@H](F)[C@@H]1O)Oc1ccccc1. The van der Waals surface area contributed by atoms with Gasteiger partial charge in [0.25, 0.3) is 0 Å². The molecule has 0 bridgehead atoms. The monoisotopic (exact) mass is 630 g/mol. The van der Waals surface area contributed by atoms with E-state index in [0.29, 0.717) is 28.6 Å². The van der Waals surface area contributed by atoms with Gasteiger partial charge in [0.05, 0.1) is 25.4 Å². The van der Waals surface area contributed by atoms with Crippen LogP contribution in [0.1, 0.15) is 25.9 Å². The molecule has 0 aliphatic carbocycles. The van der Waals surface area contributed by atoms with Crippen molar-refractivity contribution in [2.75, 3.05) is 38.1 Å². The molecule has 1 unspecified atom stereocenters. The van der Waals surface area contributed by atoms with Crippen LogP contribution in [0.3, 0.4) is 0 Å². The smallest absolute Gasteiger partial charge is 0.323 e. The number of benzene rings is 1. The van der Waals surface area contributed by atoms with Gasteiger partial charge < -0.3 is 28.5 Å². The molecule has 1 aliphatic heterocycles. The Morgan fingerprint density at radius 1 is 1.37 bits per heavy atom. The predicted octanol–water partition coefficient (Wildman–Crippen LogP) is 3.27. The fourth-order valence-electron chi connectivity index (χ4n) is 4.27. The normalized spacial score (nSPS) is 24.6. The molecule has 0 radical (unpaired) electrons. The van der Waals surface area contributed by atoms with Gasteiger partial charge in [0.1, 0.15) is 29.3 Å². The number of para-hydroxylation sites is 1. The number of fused-ring (bicyclic) bond motifs is 1. The minimum Gasteiger partial charge on any atom is -0.465 e. The summed E-state index contributed by atoms with van der Waals surface area (Å²) in [6, 6.07) is 7.74. The molecule has 0 spiro atoms. The molecule has 4 rings (SSSR count). The highest BCUT2D eigenvalue weighted by Crippen LogP contribution is 2.49. The number of imidazole rings is 1. The number of rotatable bonds is 12. The topological polar surface area (TPSA) is 133 Å². The molecule has 41 heavy (non-hydrogen) atoms. The summed E-state index contributed by atoms with van der Waals surface area (Å²) in [6.45, 7) is 1.16. The number of nitrogens with zero attached hydrogens (tertiary/aromatic N) is 5. The molecule has 1 fully saturated rings. The fraction of sp³-hybridized carbons (Fsp3) is 0.520. The van der Waals surface area contributed by atoms with E-state index in [1.165, 1.54) is 10.9 Å². The molecular weight excluding hydrogens is 598 g/mol. The molecule has 16 heteroatoms. The van der Waals surface area contributed by atoms with Crippen LogP contribution in [0.2, 0.25) is 0 Å². The van der Waals surface area contributed by atoms with Crippen LogP contribution in [0.5, 0.6) is 5.75 Å². The largest absolute Gasteiger partial charge is 0.465 e. The van der Waals surface area contributed by atoms with E-state index in [2.05, 4.69) is 20.0 Å². The number of aryl methyl sites for hydroxylation is 1. The number of aliphatic hydroxyl groups excluding tert-OH is 1. The van der Waals surface area contributed by atoms with Crippen molar-refractivity contribution >= 4 is 53.0 Å². The first kappa shape index (κ1) is 31.5. The Morgan fingerprint density at radius 2 is 2.07 bits per heavy atom. The van der Waals surface area contributed by atoms with Crippen LogP contribution < -0.4 is 14.5 Å². The summed E-state index contributed by atoms with van der Waals surface area (Å²) in [5.41, 5.74) is -0.961. The Kier molecular flexibility index (Phi) is 9.85. The summed E-state index contributed by atoms with van der Waals surface area (Å²) < 4.78 is 40.4. The van der Waals surface area contributed by atoms with Gasteiger partial charge in [-0.3, -0.25) is 9.36 Å². The molecule has 6 atom stereocenters. The molecule has 3 heterocycles. The van der Waals surface area contributed by atoms with E-state index < -0.39 is 49.4 Å². The second-order valence-corrected chi connectivity index (χ2v) is 13.1. The van der Waals surface area contributed by atoms with E-state index in [0.717, 1.165) is 0 Å². The van der Waals surface area contributed by atoms with E-state index >= 15 is 4.39 Å². The summed E-state index contributed by atoms with van der Waals surface area (Å²) >= 11 is 12.0. The Morgan fingerprint density at radius 3 is 2.71 bits per heavy atom. The van der Waals surface area contributed by atoms with Gasteiger partial charge in [-0.2, -0.15) is 0 Å². The van der Waals surface area contributed by atoms with E-state index in [1.54, 1.807) is 56.0 Å². The number of esters is 1. The van der Waals surface area contributed by atoms with Crippen molar-refractivity contribution in [1.29, 1.82) is 0 Å². The molecule has 1 aliphatic rings. The van der Waals surface area contributed by atoms with Gasteiger partial charge in [0.2, 0.25) is 0 Å². The van der Waals surface area contributed by atoms with Gasteiger partial charge in [0, 0.05) is 14.1 Å². The van der Waals surface area contributed by atoms with Crippen LogP contribution in [0.15, 0.2) is 36.7 Å². The first-order valence-electron chi connectivity index (χ1n) is 12.8. The van der Waals surface area contributed by atoms with Crippen molar-refractivity contribution in [3.63, 3.8) is 0 Å². The van der Waals surface area contributed by atoms with Crippen LogP contribution in [-0.2, 0) is 30.6 Å². The number of aromatic nitrogens is 4. The molecule has 224 valence electrons. The van der Waals surface area contributed by atoms with Crippen molar-refractivity contribution in [3.05, 3.63) is 42.5 Å². The number of aliphatic hydroxyl groups is 1. The minimum absolute atomic E-state index is 0.173. The fourth-order valence-corrected chi connectivity index (χ4v) is 7.00. The number of alkyl halides is 2. The van der Waals surface area contributed by atoms with Crippen molar-refractivity contribution in [3.8, 4) is 5.75 Å². The second kappa shape index (κ2) is 12.8. The number of anilines is 1. The van der Waals surface area contributed by atoms with Crippen molar-refractivity contribution in [2.45, 2.75) is 50.9 Å². The summed E-state index contributed by atoms with van der Waals surface area (Å²) in [5.74, 6) is 0.474. The predicted molar refractivity (Wildman–Crippen MR) is 155 cm³/mol. The summed E-state index contributed by atoms with van der Waals surface area (Å²) in [4.78, 5) is 27.3. The molecule has 1 saturated heterocycles. The number of carbonyl (C=O) groups excluding carboxylic acids is 1. The summed E-state index contributed by atoms with van der Waals surface area (Å²) in [7, 11) is 3.62. The zero-order valence-corrected chi connectivity index (χ0v) is 25.7. The van der Waals surface area contributed by atoms with E-state index in [-0.39, 0.29) is 12.5 Å². The Labute approximate surface area is 247 Å². The Bertz CT molecular complexity index is 1420. The molecule has 1 aromatic carbocycles. The van der Waals surface area contributed by atoms with E-state index in [9.17, 15) is 9.90 Å². The van der Waals surface area contributed by atoms with Crippen molar-refractivity contribution in [1.82, 2.24) is 24.6 Å². The van der Waals surface area contributed by atoms with Crippen LogP contribution in [-0.4, -0.2) is 87.7 Å². The summed E-state index contributed by atoms with van der Waals surface area (Å²) in [6.07, 6.45) is -3.58. The lowest BCUT2D eigenvalue weighted by atomic mass is 9.99. The van der Waals surface area contributed by atoms with Crippen LogP contribution in [0.4, 0.5) is 10.2 Å². The highest BCUT2D eigenvalue weighted by atomic mass is 35.5. The number of ether oxygens (including phenoxy) is 2. The number of hydrogen-bond acceptors (Lipinski definition) is 11. The lowest BCUT2D eigenvalue weighted by molar-refractivity contribution is -0.144. The third-order valence-electron chi connectivity index (χ3n) is 6.35. The molecule has 0 amide bonds. The number of hydrogen-bond donors (Lipinski definition) is 2. The molecule has 12 nitrogen and oxygen atoms in total. The van der Waals surface area contributed by atoms with Crippen LogP contribution in [0.25, 0.3) is 11.2 Å². The maximum absolute atomic E-state index is 15.8. The highest BCUT2D eigenvalue weighted by Gasteiger charge is 2.57. The van der Waals surface area contributed by atoms with Crippen molar-refractivity contribution < 1.29 is 32.8 Å². The number of halogens is 2. The van der Waals surface area contributed by atoms with Crippen LogP contribution >= 0.6 is 18.2 Å². The maximum atomic E-state index is 15.8. The minimum atomic E-state index is -3.51. The Balaban J connectivity index is 1.62. The summed E-state index contributed by atoms with van der Waals surface area (Å²) in [5, 5.41) is 14.0. The second-order valence-electron chi connectivity index (χ2n) is 9.69. The third-order valence-corrected chi connectivity index (χ3v) is 9.28. The lowest BCUT2D eigenvalue weighted by Crippen LogP contribution is -2.48. The van der Waals surface area contributed by atoms with Gasteiger partial charge in [-0.25, -0.2) is 24.4 Å². The van der Waals surface area contributed by atoms with E-state index in [1.807, 2.05) is 14.1 Å². The average Bonchev–Trinajstić information content (AvgIpc) is 3.46. The lowest BCUT2D eigenvalue weighted by Gasteiger charge is -2.33. The van der Waals surface area contributed by atoms with Gasteiger partial charge in [-0.1, -0.05) is 18.2 Å². The molecule has 3 aromatic rings. The van der Waals surface area contributed by atoms with E-state index in [4.69, 9.17) is 41.9 Å². The van der Waals surface area contributed by atoms with Gasteiger partial charge in [-0.15, -0.1) is 11.6 Å². The quantitative estimate of drug-likeness (QED) is 0.173. The first-order valence-corrected chi connectivity index (χ1v) is 16.0. The third kappa shape index (κ3) is 6.64. The average molecular weight is 631 g/mol. The van der Waals surface area contributed by atoms with Crippen molar-refractivity contribution in [2.24, 2.45) is 0 Å². The molecule has 2 aromatic heterocycles. The van der Waals surface area contributed by atoms with Gasteiger partial charge in [0.15, 0.2) is 29.4 Å². The number of nitrogens with one attached hydrogen (secondary N) is 1. The molecule has 0 saturated carbocycles. The highest BCUT2D eigenvalue weighted by molar-refractivity contribution is 8.09. The Hall–Kier alpha value is -2.45. The zero-order chi connectivity index (χ0) is 29.9. The zero-order valence-electron chi connectivity index (χ0n) is 23.2. The molecular formula is C25H33ClFN6O6PS.